The molecule has 0 spiro atoms. The normalized spacial score (nSPS) is 11.2. The number of H-pyrrole nitrogens is 1. The fourth-order valence-electron chi connectivity index (χ4n) is 13.3. The molecule has 642 valence electrons. The third-order valence-corrected chi connectivity index (χ3v) is 21.3. The van der Waals surface area contributed by atoms with Crippen molar-refractivity contribution in [3.05, 3.63) is 284 Å². The second kappa shape index (κ2) is 46.1. The Morgan fingerprint density at radius 2 is 1.16 bits per heavy atom. The van der Waals surface area contributed by atoms with Crippen molar-refractivity contribution >= 4 is 202 Å². The van der Waals surface area contributed by atoms with Crippen LogP contribution in [0, 0.1) is 6.92 Å². The minimum absolute atomic E-state index is 0. The Hall–Kier alpha value is -11.7. The number of pyridine rings is 1. The van der Waals surface area contributed by atoms with Crippen molar-refractivity contribution in [3.63, 3.8) is 0 Å². The summed E-state index contributed by atoms with van der Waals surface area (Å²) >= 11 is 6.56. The summed E-state index contributed by atoms with van der Waals surface area (Å²) in [5.74, 6) is 1.90. The Morgan fingerprint density at radius 3 is 1.76 bits per heavy atom. The van der Waals surface area contributed by atoms with Gasteiger partial charge >= 0.3 is 120 Å². The van der Waals surface area contributed by atoms with Gasteiger partial charge in [-0.3, -0.25) is 50.7 Å². The number of ether oxygens (including phenoxy) is 1. The first-order chi connectivity index (χ1) is 60.7. The average Bonchev–Trinajstić information content (AvgIpc) is 1.60. The van der Waals surface area contributed by atoms with Crippen molar-refractivity contribution in [1.29, 1.82) is 0 Å². The second-order valence-electron chi connectivity index (χ2n) is 28.6. The first kappa shape index (κ1) is 104. The van der Waals surface area contributed by atoms with Crippen molar-refractivity contribution in [3.8, 4) is 96.3 Å². The Kier molecular flexibility index (Phi) is 36.4. The summed E-state index contributed by atoms with van der Waals surface area (Å²) in [7, 11) is 3.35. The number of aromatic amines is 1. The molecular formula is C87H77Al2ClF3Ga4N27O6S2+12. The molecule has 7 aromatic carbocycles. The zero-order valence-corrected chi connectivity index (χ0v) is 86.5. The Balaban J connectivity index is 0.000000178. The van der Waals surface area contributed by atoms with Crippen molar-refractivity contribution < 1.29 is 39.9 Å². The van der Waals surface area contributed by atoms with Gasteiger partial charge in [-0.05, 0) is 94.6 Å². The number of aliphatic imine (C=N–C) groups is 1. The van der Waals surface area contributed by atoms with E-state index < -0.39 is 31.9 Å². The van der Waals surface area contributed by atoms with Crippen LogP contribution in [0.4, 0.5) is 30.2 Å². The summed E-state index contributed by atoms with van der Waals surface area (Å²) in [5.41, 5.74) is 17.6. The van der Waals surface area contributed by atoms with Gasteiger partial charge in [0.25, 0.3) is 0 Å². The van der Waals surface area contributed by atoms with Gasteiger partial charge in [0.15, 0.2) is 11.5 Å². The van der Waals surface area contributed by atoms with E-state index >= 15 is 0 Å². The van der Waals surface area contributed by atoms with Crippen molar-refractivity contribution in [2.24, 2.45) is 4.99 Å². The molecule has 0 aliphatic carbocycles. The van der Waals surface area contributed by atoms with Crippen LogP contribution >= 0.6 is 11.6 Å². The number of alkyl halides is 3. The topological polar surface area (TPSA) is 386 Å². The van der Waals surface area contributed by atoms with E-state index in [4.69, 9.17) is 26.5 Å². The Morgan fingerprint density at radius 1 is 0.591 bits per heavy atom. The maximum absolute atomic E-state index is 12.5. The number of aromatic nitrogens is 23. The molecule has 0 atom stereocenters. The van der Waals surface area contributed by atoms with E-state index in [1.807, 2.05) is 237 Å². The predicted octanol–water partition coefficient (Wildman–Crippen LogP) is 10.2. The van der Waals surface area contributed by atoms with E-state index in [2.05, 4.69) is 103 Å². The van der Waals surface area contributed by atoms with Crippen LogP contribution in [0.2, 0.25) is 5.02 Å². The number of nitrogens with zero attached hydrogens (tertiary/aromatic N) is 25. The van der Waals surface area contributed by atoms with Gasteiger partial charge in [0, 0.05) is 116 Å². The van der Waals surface area contributed by atoms with E-state index in [0.717, 1.165) is 114 Å². The van der Waals surface area contributed by atoms with E-state index in [1.165, 1.54) is 22.8 Å². The third-order valence-electron chi connectivity index (χ3n) is 19.2. The number of anilines is 2. The summed E-state index contributed by atoms with van der Waals surface area (Å²) < 4.78 is 100.0. The number of rotatable bonds is 19. The maximum Gasteiger partial charge on any atom is 3.00 e. The monoisotopic (exact) mass is 2080 g/mol. The number of nitrogens with one attached hydrogen (secondary N) is 2. The summed E-state index contributed by atoms with van der Waals surface area (Å²) in [6.45, 7) is 2.01. The number of para-hydroxylation sites is 3. The van der Waals surface area contributed by atoms with Crippen LogP contribution in [-0.2, 0) is 32.8 Å². The van der Waals surface area contributed by atoms with Crippen LogP contribution in [0.15, 0.2) is 267 Å². The fourth-order valence-corrected chi connectivity index (χ4v) is 14.7. The first-order valence-electron chi connectivity index (χ1n) is 38.7. The van der Waals surface area contributed by atoms with Gasteiger partial charge in [-0.2, -0.15) is 17.8 Å². The van der Waals surface area contributed by atoms with E-state index in [0.29, 0.717) is 69.4 Å². The van der Waals surface area contributed by atoms with Crippen LogP contribution in [0.25, 0.3) is 124 Å². The predicted molar refractivity (Wildman–Crippen MR) is 507 cm³/mol. The van der Waals surface area contributed by atoms with Crippen molar-refractivity contribution in [1.82, 2.24) is 118 Å². The molecule has 20 rings (SSSR count). The van der Waals surface area contributed by atoms with Gasteiger partial charge in [-0.1, -0.05) is 212 Å². The molecule has 0 amide bonds. The van der Waals surface area contributed by atoms with Crippen molar-refractivity contribution in [2.45, 2.75) is 32.5 Å². The summed E-state index contributed by atoms with van der Waals surface area (Å²) in [6, 6.07) is 71.1. The molecule has 132 heavy (non-hydrogen) atoms. The molecule has 0 unspecified atom stereocenters. The quantitative estimate of drug-likeness (QED) is 0.0431. The molecule has 20 aromatic rings. The molecule has 2 N–H and O–H groups in total. The molecule has 13 aromatic heterocycles. The molecule has 0 aliphatic rings. The van der Waals surface area contributed by atoms with Crippen LogP contribution in [0.1, 0.15) is 23.8 Å². The van der Waals surface area contributed by atoms with Gasteiger partial charge in [0.2, 0.25) is 15.9 Å². The molecule has 0 saturated carbocycles. The van der Waals surface area contributed by atoms with Gasteiger partial charge in [-0.15, -0.1) is 5.10 Å². The number of hydrogen-bond acceptors (Lipinski definition) is 20. The number of imidazole rings is 4. The summed E-state index contributed by atoms with van der Waals surface area (Å²) in [5, 5.41) is 57.4. The molecular weight excluding hydrogens is 2010 g/mol. The minimum atomic E-state index is -5.06. The average molecular weight is 2090 g/mol. The number of halogens is 4. The maximum atomic E-state index is 12.5. The zero-order valence-electron chi connectivity index (χ0n) is 72.1. The minimum Gasteiger partial charge on any atom is -0.855 e. The largest absolute Gasteiger partial charge is 3.00 e. The number of methoxy groups -OCH3 is 1. The second-order valence-corrected chi connectivity index (χ2v) is 33.1. The molecule has 0 saturated heterocycles. The van der Waals surface area contributed by atoms with Crippen LogP contribution < -0.4 is 49.6 Å². The van der Waals surface area contributed by atoms with Crippen LogP contribution in [-0.4, -0.2) is 284 Å². The van der Waals surface area contributed by atoms with Crippen LogP contribution in [0.5, 0.6) is 5.88 Å². The number of hydrogen-bond donors (Lipinski definition) is 2. The standard InChI is InChI=1S/C18H15ClN5.C18H16N5.C16H16F3N5O3S.C13H13N4O2S.C12H10N3O.C10H8N5.2Al.4Ga/c1-23(2)14-11-7-6-10-13(14)16-15(19)18-21-20-17(24(18)22-16)12-8-4-3-5-9-12;1-22(2)16-11-7-6-10-14(16)15-12-17-19-20-18(23(17)21-15)13-8-4-3-5-9-13;1-28(26,27)8-4-7-13-21-14-9-12(22-24(14)23-13)10-5-2-3-6-11(10)20-15(25)16(17,18)19;1-20(18,19)16-7-11-13-14-8-12(17(13)9-15-11)10-5-3-2-4-6-10;1-16-12-11-13-7-8-15(11)10(14-12)9-5-3-2-4-6-9;1-7-13-14-10-8(6-12-15(7)10)9-4-2-3-5-11-9;;;;;;/h3-11H,1-2H3;3-12H,1-2H3;2-3,5-6,9,22H,4,7-8H2,1H3,(H,20,25);2-6,8-9,16H,7H2,1H3;2-8H,1H3;2-6H,1H3;;;;;;/q2*-1;;3*-1;6*+3/p-1. The molecule has 45 heteroatoms. The number of benzene rings is 7. The molecule has 0 bridgehead atoms. The van der Waals surface area contributed by atoms with Gasteiger partial charge in [0.1, 0.15) is 9.84 Å². The smallest absolute Gasteiger partial charge is 0.855 e. The Labute approximate surface area is 833 Å². The van der Waals surface area contributed by atoms with E-state index in [9.17, 15) is 35.1 Å². The summed E-state index contributed by atoms with van der Waals surface area (Å²) in [4.78, 5) is 33.0. The third kappa shape index (κ3) is 24.4. The zero-order chi connectivity index (χ0) is 88.4. The van der Waals surface area contributed by atoms with Crippen molar-refractivity contribution in [2.75, 3.05) is 63.4 Å². The number of sulfone groups is 1. The van der Waals surface area contributed by atoms with E-state index in [-0.39, 0.29) is 137 Å². The molecule has 13 heterocycles. The molecule has 0 fully saturated rings. The summed E-state index contributed by atoms with van der Waals surface area (Å²) in [6.07, 6.45) is 8.51. The molecule has 0 radical (unpaired) electrons. The molecule has 0 aliphatic heterocycles. The van der Waals surface area contributed by atoms with E-state index in [1.54, 1.807) is 63.9 Å². The fraction of sp³-hybridized carbons (Fsp3) is 0.149. The first-order valence-corrected chi connectivity index (χ1v) is 43.0. The Bertz CT molecular complexity index is 7380. The van der Waals surface area contributed by atoms with Gasteiger partial charge in [0.05, 0.1) is 88.2 Å². The number of aryl methyl sites for hydroxylation is 2. The van der Waals surface area contributed by atoms with Crippen LogP contribution in [0.3, 0.4) is 0 Å². The molecule has 33 nitrogen and oxygen atoms in total. The van der Waals surface area contributed by atoms with Gasteiger partial charge < -0.3 is 67.3 Å². The SMILES string of the molecule is CN(C)c1ccccc1-c1cc2[n-]nc(-c3ccccc3)n2n1.CN(C)c1ccccc1-c1nn2c(-c3ccccc3)n[n-]c2c1Cl.COc1nc(-c2ccccc2)n2cc[n-]c12.CS(=O)(=O)CCCc1nc2cc(-c3ccccc3N=C([O-])C(F)(F)F)[nH]n2n1.CS(=O)(=O)NCc1ncn2c(-c3ccccc3)c[n-]c12.Cc1n[n-]c2c(-c3ccccn3)cnn12.[Al+3].[Al+3].[Ga+3].[Ga+3].[Ga+3].[Ga+3]. The number of sulfonamides is 1. The number of fused-ring (bicyclic) bond motifs is 6. The van der Waals surface area contributed by atoms with Gasteiger partial charge in [-0.25, -0.2) is 31.5 Å².